The van der Waals surface area contributed by atoms with Crippen molar-refractivity contribution in [2.45, 2.75) is 0 Å². The van der Waals surface area contributed by atoms with Crippen molar-refractivity contribution in [1.82, 2.24) is 9.78 Å². The number of benzene rings is 1. The van der Waals surface area contributed by atoms with Crippen molar-refractivity contribution in [3.63, 3.8) is 0 Å². The Hall–Kier alpha value is -2.50. The molecule has 0 bridgehead atoms. The molecule has 88 valence electrons. The van der Waals surface area contributed by atoms with Gasteiger partial charge in [-0.2, -0.15) is 5.10 Å². The van der Waals surface area contributed by atoms with E-state index in [1.165, 1.54) is 17.1 Å². The molecular formula is C11H12N4O2. The number of carbonyl (C=O) groups excluding carboxylic acids is 1. The summed E-state index contributed by atoms with van der Waals surface area (Å²) < 4.78 is 6.54. The highest BCUT2D eigenvalue weighted by Crippen LogP contribution is 2.22. The first kappa shape index (κ1) is 11.0. The second-order valence-electron chi connectivity index (χ2n) is 3.46. The van der Waals surface area contributed by atoms with Crippen molar-refractivity contribution in [2.75, 3.05) is 12.8 Å². The Kier molecular flexibility index (Phi) is 2.70. The van der Waals surface area contributed by atoms with Crippen molar-refractivity contribution in [1.29, 1.82) is 0 Å². The lowest BCUT2D eigenvalue weighted by molar-refractivity contribution is 0.100. The smallest absolute Gasteiger partial charge is 0.251 e. The number of aromatic nitrogens is 2. The minimum Gasteiger partial charge on any atom is -0.497 e. The Bertz CT molecular complexity index is 562. The van der Waals surface area contributed by atoms with Crippen LogP contribution in [-0.4, -0.2) is 22.8 Å². The molecule has 0 saturated carbocycles. The van der Waals surface area contributed by atoms with Crippen LogP contribution >= 0.6 is 0 Å². The zero-order chi connectivity index (χ0) is 12.4. The molecule has 0 saturated heterocycles. The van der Waals surface area contributed by atoms with Crippen LogP contribution < -0.4 is 16.2 Å². The maximum atomic E-state index is 10.9. The zero-order valence-corrected chi connectivity index (χ0v) is 9.25. The van der Waals surface area contributed by atoms with Crippen molar-refractivity contribution in [3.05, 3.63) is 36.2 Å². The Balaban J connectivity index is 2.42. The Morgan fingerprint density at radius 2 is 2.24 bits per heavy atom. The first-order chi connectivity index (χ1) is 8.11. The maximum absolute atomic E-state index is 10.9. The number of hydrogen-bond donors (Lipinski definition) is 2. The first-order valence-electron chi connectivity index (χ1n) is 4.90. The molecule has 6 nitrogen and oxygen atoms in total. The van der Waals surface area contributed by atoms with E-state index in [1.54, 1.807) is 25.3 Å². The average Bonchev–Trinajstić information content (AvgIpc) is 2.78. The molecule has 0 atom stereocenters. The molecule has 0 spiro atoms. The summed E-state index contributed by atoms with van der Waals surface area (Å²) in [5.74, 6) is 0.136. The van der Waals surface area contributed by atoms with E-state index in [1.807, 2.05) is 0 Å². The quantitative estimate of drug-likeness (QED) is 0.756. The number of rotatable bonds is 3. The second kappa shape index (κ2) is 4.17. The number of methoxy groups -OCH3 is 1. The number of anilines is 1. The molecule has 4 N–H and O–H groups in total. The summed E-state index contributed by atoms with van der Waals surface area (Å²) in [5, 5.41) is 4.02. The number of amides is 1. The molecule has 0 unspecified atom stereocenters. The van der Waals surface area contributed by atoms with E-state index >= 15 is 0 Å². The molecule has 2 rings (SSSR count). The largest absolute Gasteiger partial charge is 0.497 e. The van der Waals surface area contributed by atoms with Crippen LogP contribution in [0.3, 0.4) is 0 Å². The second-order valence-corrected chi connectivity index (χ2v) is 3.46. The van der Waals surface area contributed by atoms with Gasteiger partial charge in [-0.3, -0.25) is 4.79 Å². The molecule has 17 heavy (non-hydrogen) atoms. The third-order valence-corrected chi connectivity index (χ3v) is 2.35. The Morgan fingerprint density at radius 3 is 2.76 bits per heavy atom. The summed E-state index contributed by atoms with van der Waals surface area (Å²) in [6, 6.07) is 5.20. The lowest BCUT2D eigenvalue weighted by Gasteiger charge is -2.07. The van der Waals surface area contributed by atoms with Gasteiger partial charge >= 0.3 is 0 Å². The number of carbonyl (C=O) groups is 1. The number of primary amides is 1. The third-order valence-electron chi connectivity index (χ3n) is 2.35. The van der Waals surface area contributed by atoms with Gasteiger partial charge in [-0.05, 0) is 12.1 Å². The highest BCUT2D eigenvalue weighted by atomic mass is 16.5. The molecule has 0 aliphatic rings. The monoisotopic (exact) mass is 232 g/mol. The molecule has 1 aromatic heterocycles. The minimum atomic E-state index is -0.525. The van der Waals surface area contributed by atoms with Gasteiger partial charge in [0.05, 0.1) is 30.2 Å². The van der Waals surface area contributed by atoms with Crippen molar-refractivity contribution in [2.24, 2.45) is 5.73 Å². The van der Waals surface area contributed by atoms with E-state index in [2.05, 4.69) is 5.10 Å². The molecular weight excluding hydrogens is 220 g/mol. The first-order valence-corrected chi connectivity index (χ1v) is 4.90. The summed E-state index contributed by atoms with van der Waals surface area (Å²) in [5.41, 5.74) is 12.5. The summed E-state index contributed by atoms with van der Waals surface area (Å²) in [6.45, 7) is 0. The molecule has 1 amide bonds. The molecule has 1 aromatic carbocycles. The molecule has 1 heterocycles. The number of nitrogen functional groups attached to an aromatic ring is 1. The molecule has 6 heteroatoms. The van der Waals surface area contributed by atoms with Crippen molar-refractivity contribution in [3.8, 4) is 11.4 Å². The van der Waals surface area contributed by atoms with Crippen LogP contribution in [0.25, 0.3) is 5.69 Å². The van der Waals surface area contributed by atoms with Gasteiger partial charge in [0.1, 0.15) is 5.75 Å². The fraction of sp³-hybridized carbons (Fsp3) is 0.0909. The van der Waals surface area contributed by atoms with Gasteiger partial charge in [0, 0.05) is 12.3 Å². The zero-order valence-electron chi connectivity index (χ0n) is 9.25. The molecule has 0 aliphatic heterocycles. The van der Waals surface area contributed by atoms with Gasteiger partial charge in [-0.1, -0.05) is 0 Å². The highest BCUT2D eigenvalue weighted by molar-refractivity contribution is 5.92. The van der Waals surface area contributed by atoms with Crippen molar-refractivity contribution < 1.29 is 9.53 Å². The fourth-order valence-electron chi connectivity index (χ4n) is 1.45. The fourth-order valence-corrected chi connectivity index (χ4v) is 1.45. The number of nitrogens with zero attached hydrogens (tertiary/aromatic N) is 2. The summed E-state index contributed by atoms with van der Waals surface area (Å²) in [7, 11) is 1.56. The van der Waals surface area contributed by atoms with E-state index in [4.69, 9.17) is 16.2 Å². The van der Waals surface area contributed by atoms with Crippen LogP contribution in [-0.2, 0) is 0 Å². The van der Waals surface area contributed by atoms with Gasteiger partial charge in [-0.15, -0.1) is 0 Å². The van der Waals surface area contributed by atoms with Gasteiger partial charge in [0.2, 0.25) is 0 Å². The van der Waals surface area contributed by atoms with E-state index in [-0.39, 0.29) is 0 Å². The van der Waals surface area contributed by atoms with Gasteiger partial charge in [0.15, 0.2) is 0 Å². The van der Waals surface area contributed by atoms with Gasteiger partial charge in [0.25, 0.3) is 5.91 Å². The van der Waals surface area contributed by atoms with E-state index in [9.17, 15) is 4.79 Å². The van der Waals surface area contributed by atoms with E-state index in [0.29, 0.717) is 22.7 Å². The lowest BCUT2D eigenvalue weighted by atomic mass is 10.2. The third kappa shape index (κ3) is 2.05. The minimum absolute atomic E-state index is 0.334. The summed E-state index contributed by atoms with van der Waals surface area (Å²) in [6.07, 6.45) is 2.92. The SMILES string of the molecule is COc1ccc(-n2cc(C(N)=O)cn2)c(N)c1. The maximum Gasteiger partial charge on any atom is 0.251 e. The van der Waals surface area contributed by atoms with Crippen LogP contribution in [0.4, 0.5) is 5.69 Å². The van der Waals surface area contributed by atoms with Crippen LogP contribution in [0.5, 0.6) is 5.75 Å². The molecule has 0 aliphatic carbocycles. The Morgan fingerprint density at radius 1 is 1.47 bits per heavy atom. The van der Waals surface area contributed by atoms with Crippen molar-refractivity contribution >= 4 is 11.6 Å². The topological polar surface area (TPSA) is 96.2 Å². The predicted molar refractivity (Wildman–Crippen MR) is 63.0 cm³/mol. The van der Waals surface area contributed by atoms with Crippen LogP contribution in [0.2, 0.25) is 0 Å². The normalized spacial score (nSPS) is 10.2. The highest BCUT2D eigenvalue weighted by Gasteiger charge is 2.08. The van der Waals surface area contributed by atoms with Gasteiger partial charge < -0.3 is 16.2 Å². The van der Waals surface area contributed by atoms with E-state index < -0.39 is 5.91 Å². The van der Waals surface area contributed by atoms with Crippen LogP contribution in [0.1, 0.15) is 10.4 Å². The number of nitrogens with two attached hydrogens (primary N) is 2. The number of ether oxygens (including phenoxy) is 1. The standard InChI is InChI=1S/C11H12N4O2/c1-17-8-2-3-10(9(12)4-8)15-6-7(5-14-15)11(13)16/h2-6H,12H2,1H3,(H2,13,16). The summed E-state index contributed by atoms with van der Waals surface area (Å²) in [4.78, 5) is 10.9. The molecule has 2 aromatic rings. The lowest BCUT2D eigenvalue weighted by Crippen LogP contribution is -2.09. The average molecular weight is 232 g/mol. The van der Waals surface area contributed by atoms with E-state index in [0.717, 1.165) is 0 Å². The summed E-state index contributed by atoms with van der Waals surface area (Å²) >= 11 is 0. The van der Waals surface area contributed by atoms with Crippen LogP contribution in [0, 0.1) is 0 Å². The predicted octanol–water partition coefficient (Wildman–Crippen LogP) is 0.562. The molecule has 0 radical (unpaired) electrons. The molecule has 0 fully saturated rings. The van der Waals surface area contributed by atoms with Gasteiger partial charge in [-0.25, -0.2) is 4.68 Å². The number of hydrogen-bond acceptors (Lipinski definition) is 4. The van der Waals surface area contributed by atoms with Crippen LogP contribution in [0.15, 0.2) is 30.6 Å². The Labute approximate surface area is 97.8 Å².